The van der Waals surface area contributed by atoms with Crippen LogP contribution >= 0.6 is 0 Å². The van der Waals surface area contributed by atoms with Crippen molar-refractivity contribution in [1.29, 1.82) is 0 Å². The molecule has 1 rings (SSSR count). The number of likely N-dealkylation sites (tertiary alicyclic amines) is 1. The average molecular weight is 158 g/mol. The molecule has 0 aliphatic carbocycles. The lowest BCUT2D eigenvalue weighted by Gasteiger charge is -2.19. The molecule has 0 aromatic heterocycles. The molecule has 1 fully saturated rings. The Morgan fingerprint density at radius 3 is 2.73 bits per heavy atom. The highest BCUT2D eigenvalue weighted by Crippen LogP contribution is 2.16. The van der Waals surface area contributed by atoms with Crippen molar-refractivity contribution in [1.82, 2.24) is 10.2 Å². The van der Waals surface area contributed by atoms with E-state index in [2.05, 4.69) is 5.32 Å². The zero-order chi connectivity index (χ0) is 8.43. The maximum atomic E-state index is 11.1. The van der Waals surface area contributed by atoms with Gasteiger partial charge in [0.2, 0.25) is 0 Å². The molecular formula is C7H14N2O2. The fourth-order valence-electron chi connectivity index (χ4n) is 1.43. The Morgan fingerprint density at radius 2 is 2.36 bits per heavy atom. The molecule has 0 bridgehead atoms. The van der Waals surface area contributed by atoms with E-state index in [9.17, 15) is 9.90 Å². The molecule has 0 aromatic rings. The maximum absolute atomic E-state index is 11.1. The molecule has 2 unspecified atom stereocenters. The van der Waals surface area contributed by atoms with Crippen molar-refractivity contribution < 1.29 is 9.90 Å². The third kappa shape index (κ3) is 1.63. The summed E-state index contributed by atoms with van der Waals surface area (Å²) in [5, 5.41) is 11.7. The van der Waals surface area contributed by atoms with Gasteiger partial charge >= 0.3 is 6.03 Å². The van der Waals surface area contributed by atoms with Gasteiger partial charge in [0.15, 0.2) is 0 Å². The highest BCUT2D eigenvalue weighted by molar-refractivity contribution is 5.74. The van der Waals surface area contributed by atoms with Crippen molar-refractivity contribution >= 4 is 6.03 Å². The number of aliphatic hydroxyl groups is 1. The van der Waals surface area contributed by atoms with Gasteiger partial charge < -0.3 is 15.3 Å². The first kappa shape index (κ1) is 8.33. The number of carbonyl (C=O) groups is 1. The van der Waals surface area contributed by atoms with Gasteiger partial charge in [-0.05, 0) is 13.3 Å². The Kier molecular flexibility index (Phi) is 2.34. The van der Waals surface area contributed by atoms with Gasteiger partial charge in [-0.15, -0.1) is 0 Å². The van der Waals surface area contributed by atoms with Crippen LogP contribution in [0.25, 0.3) is 0 Å². The minimum atomic E-state index is -0.345. The number of β-amino-alcohol motifs (C(OH)–C–C–N with tert-alkyl or cyclic N) is 1. The number of rotatable bonds is 0. The zero-order valence-electron chi connectivity index (χ0n) is 6.87. The van der Waals surface area contributed by atoms with Gasteiger partial charge in [0.25, 0.3) is 0 Å². The van der Waals surface area contributed by atoms with Crippen molar-refractivity contribution in [2.24, 2.45) is 0 Å². The number of amides is 2. The van der Waals surface area contributed by atoms with E-state index in [4.69, 9.17) is 0 Å². The van der Waals surface area contributed by atoms with Gasteiger partial charge in [-0.3, -0.25) is 0 Å². The maximum Gasteiger partial charge on any atom is 0.317 e. The van der Waals surface area contributed by atoms with E-state index in [1.165, 1.54) is 0 Å². The van der Waals surface area contributed by atoms with Crippen LogP contribution in [-0.2, 0) is 0 Å². The van der Waals surface area contributed by atoms with Crippen molar-refractivity contribution in [3.05, 3.63) is 0 Å². The summed E-state index contributed by atoms with van der Waals surface area (Å²) in [6.07, 6.45) is 0.343. The zero-order valence-corrected chi connectivity index (χ0v) is 6.87. The Hall–Kier alpha value is -0.770. The molecule has 11 heavy (non-hydrogen) atoms. The first-order chi connectivity index (χ1) is 5.15. The molecule has 4 nitrogen and oxygen atoms in total. The van der Waals surface area contributed by atoms with E-state index in [0.717, 1.165) is 0 Å². The lowest BCUT2D eigenvalue weighted by Crippen LogP contribution is -2.40. The van der Waals surface area contributed by atoms with Crippen LogP contribution in [0.2, 0.25) is 0 Å². The average Bonchev–Trinajstić information content (AvgIpc) is 2.28. The Labute approximate surface area is 66.2 Å². The minimum Gasteiger partial charge on any atom is -0.391 e. The summed E-state index contributed by atoms with van der Waals surface area (Å²) < 4.78 is 0. The summed E-state index contributed by atoms with van der Waals surface area (Å²) >= 11 is 0. The third-order valence-corrected chi connectivity index (χ3v) is 2.03. The number of aliphatic hydroxyl groups excluding tert-OH is 1. The first-order valence-electron chi connectivity index (χ1n) is 3.81. The SMILES string of the molecule is CNC(=O)N1CC(O)CC1C. The third-order valence-electron chi connectivity index (χ3n) is 2.03. The molecule has 4 heteroatoms. The molecule has 0 aromatic carbocycles. The Bertz CT molecular complexity index is 161. The second-order valence-corrected chi connectivity index (χ2v) is 2.95. The summed E-state index contributed by atoms with van der Waals surface area (Å²) in [6.45, 7) is 2.40. The van der Waals surface area contributed by atoms with Crippen molar-refractivity contribution in [2.45, 2.75) is 25.5 Å². The fraction of sp³-hybridized carbons (Fsp3) is 0.857. The summed E-state index contributed by atoms with van der Waals surface area (Å²) in [4.78, 5) is 12.7. The van der Waals surface area contributed by atoms with E-state index >= 15 is 0 Å². The highest BCUT2D eigenvalue weighted by Gasteiger charge is 2.30. The molecule has 1 saturated heterocycles. The van der Waals surface area contributed by atoms with Gasteiger partial charge in [-0.2, -0.15) is 0 Å². The Morgan fingerprint density at radius 1 is 1.73 bits per heavy atom. The summed E-state index contributed by atoms with van der Waals surface area (Å²) in [5.41, 5.74) is 0. The molecule has 2 amide bonds. The minimum absolute atomic E-state index is 0.103. The smallest absolute Gasteiger partial charge is 0.317 e. The quantitative estimate of drug-likeness (QED) is 0.512. The van der Waals surface area contributed by atoms with Crippen LogP contribution in [0.3, 0.4) is 0 Å². The van der Waals surface area contributed by atoms with Crippen molar-refractivity contribution in [2.75, 3.05) is 13.6 Å². The van der Waals surface area contributed by atoms with E-state index < -0.39 is 0 Å². The summed E-state index contributed by atoms with van der Waals surface area (Å²) in [5.74, 6) is 0. The number of nitrogens with zero attached hydrogens (tertiary/aromatic N) is 1. The number of nitrogens with one attached hydrogen (secondary N) is 1. The molecule has 0 radical (unpaired) electrons. The fourth-order valence-corrected chi connectivity index (χ4v) is 1.43. The standard InChI is InChI=1S/C7H14N2O2/c1-5-3-6(10)4-9(5)7(11)8-2/h5-6,10H,3-4H2,1-2H3,(H,8,11). The number of hydrogen-bond donors (Lipinski definition) is 2. The molecule has 1 aliphatic heterocycles. The van der Waals surface area contributed by atoms with Gasteiger partial charge in [0.1, 0.15) is 0 Å². The van der Waals surface area contributed by atoms with Crippen molar-refractivity contribution in [3.63, 3.8) is 0 Å². The van der Waals surface area contributed by atoms with Gasteiger partial charge in [0, 0.05) is 19.6 Å². The van der Waals surface area contributed by atoms with Crippen LogP contribution in [0, 0.1) is 0 Å². The number of hydrogen-bond acceptors (Lipinski definition) is 2. The van der Waals surface area contributed by atoms with Crippen LogP contribution in [0.1, 0.15) is 13.3 Å². The van der Waals surface area contributed by atoms with Gasteiger partial charge in [0.05, 0.1) is 6.10 Å². The van der Waals surface area contributed by atoms with Crippen molar-refractivity contribution in [3.8, 4) is 0 Å². The van der Waals surface area contributed by atoms with E-state index in [-0.39, 0.29) is 18.2 Å². The molecule has 2 atom stereocenters. The van der Waals surface area contributed by atoms with Gasteiger partial charge in [-0.25, -0.2) is 4.79 Å². The molecule has 2 N–H and O–H groups in total. The predicted octanol–water partition coefficient (Wildman–Crippen LogP) is -0.219. The van der Waals surface area contributed by atoms with Crippen LogP contribution in [0.15, 0.2) is 0 Å². The molecule has 0 saturated carbocycles. The lowest BCUT2D eigenvalue weighted by atomic mass is 10.2. The first-order valence-corrected chi connectivity index (χ1v) is 3.81. The highest BCUT2D eigenvalue weighted by atomic mass is 16.3. The second-order valence-electron chi connectivity index (χ2n) is 2.95. The van der Waals surface area contributed by atoms with Crippen LogP contribution in [0.4, 0.5) is 4.79 Å². The molecule has 64 valence electrons. The monoisotopic (exact) mass is 158 g/mol. The van der Waals surface area contributed by atoms with E-state index in [1.54, 1.807) is 11.9 Å². The second kappa shape index (κ2) is 3.09. The Balaban J connectivity index is 2.52. The van der Waals surface area contributed by atoms with Crippen LogP contribution in [0.5, 0.6) is 0 Å². The summed E-state index contributed by atoms with van der Waals surface area (Å²) in [6, 6.07) is 0.0546. The molecule has 1 heterocycles. The topological polar surface area (TPSA) is 52.6 Å². The van der Waals surface area contributed by atoms with E-state index in [1.807, 2.05) is 6.92 Å². The normalized spacial score (nSPS) is 30.6. The summed E-state index contributed by atoms with van der Waals surface area (Å²) in [7, 11) is 1.60. The number of carbonyl (C=O) groups excluding carboxylic acids is 1. The van der Waals surface area contributed by atoms with Crippen LogP contribution in [-0.4, -0.2) is 41.8 Å². The van der Waals surface area contributed by atoms with Gasteiger partial charge in [-0.1, -0.05) is 0 Å². The lowest BCUT2D eigenvalue weighted by molar-refractivity contribution is 0.171. The predicted molar refractivity (Wildman–Crippen MR) is 41.2 cm³/mol. The number of urea groups is 1. The van der Waals surface area contributed by atoms with E-state index in [0.29, 0.717) is 13.0 Å². The van der Waals surface area contributed by atoms with Crippen LogP contribution < -0.4 is 5.32 Å². The molecule has 1 aliphatic rings. The molecule has 0 spiro atoms. The molecular weight excluding hydrogens is 144 g/mol. The largest absolute Gasteiger partial charge is 0.391 e.